The Morgan fingerprint density at radius 1 is 1.31 bits per heavy atom. The number of ether oxygens (including phenoxy) is 1. The van der Waals surface area contributed by atoms with Gasteiger partial charge in [-0.2, -0.15) is 0 Å². The first kappa shape index (κ1) is 19.4. The van der Waals surface area contributed by atoms with Crippen LogP contribution in [0.3, 0.4) is 0 Å². The number of nitrogens with zero attached hydrogens (tertiary/aromatic N) is 2. The van der Waals surface area contributed by atoms with Crippen molar-refractivity contribution < 1.29 is 14.3 Å². The molecule has 0 saturated carbocycles. The van der Waals surface area contributed by atoms with E-state index in [-0.39, 0.29) is 18.6 Å². The summed E-state index contributed by atoms with van der Waals surface area (Å²) in [6.45, 7) is 1.90. The Balaban J connectivity index is 1.44. The van der Waals surface area contributed by atoms with Crippen LogP contribution in [-0.4, -0.2) is 29.9 Å². The van der Waals surface area contributed by atoms with Crippen molar-refractivity contribution in [1.29, 1.82) is 0 Å². The second-order valence-corrected chi connectivity index (χ2v) is 8.10. The van der Waals surface area contributed by atoms with Gasteiger partial charge in [-0.3, -0.25) is 4.79 Å². The molecule has 0 radical (unpaired) electrons. The van der Waals surface area contributed by atoms with Gasteiger partial charge in [0.1, 0.15) is 17.7 Å². The maximum atomic E-state index is 12.5. The highest BCUT2D eigenvalue weighted by atomic mass is 35.5. The van der Waals surface area contributed by atoms with Crippen molar-refractivity contribution >= 4 is 46.2 Å². The zero-order valence-corrected chi connectivity index (χ0v) is 17.4. The number of benzene rings is 2. The van der Waals surface area contributed by atoms with E-state index >= 15 is 0 Å². The van der Waals surface area contributed by atoms with E-state index < -0.39 is 5.97 Å². The number of aromatic nitrogens is 1. The first-order chi connectivity index (χ1) is 13.9. The topological polar surface area (TPSA) is 71.5 Å². The number of hydrogen-bond acceptors (Lipinski definition) is 6. The first-order valence-electron chi connectivity index (χ1n) is 8.97. The zero-order valence-electron chi connectivity index (χ0n) is 15.8. The Morgan fingerprint density at radius 2 is 2.14 bits per heavy atom. The summed E-state index contributed by atoms with van der Waals surface area (Å²) in [7, 11) is 1.85. The number of anilines is 2. The van der Waals surface area contributed by atoms with Crippen LogP contribution in [0.25, 0.3) is 11.3 Å². The summed E-state index contributed by atoms with van der Waals surface area (Å²) in [5.41, 5.74) is 3.54. The van der Waals surface area contributed by atoms with Crippen molar-refractivity contribution in [3.63, 3.8) is 0 Å². The fourth-order valence-electron chi connectivity index (χ4n) is 3.06. The minimum Gasteiger partial charge on any atom is -0.455 e. The van der Waals surface area contributed by atoms with Gasteiger partial charge in [0.15, 0.2) is 0 Å². The number of halogens is 1. The number of carbonyl (C=O) groups excluding carboxylic acids is 2. The third-order valence-electron chi connectivity index (χ3n) is 4.83. The molecule has 8 heteroatoms. The molecule has 148 valence electrons. The molecule has 4 rings (SSSR count). The molecule has 6 nitrogen and oxygen atoms in total. The van der Waals surface area contributed by atoms with Gasteiger partial charge < -0.3 is 15.0 Å². The summed E-state index contributed by atoms with van der Waals surface area (Å²) in [6, 6.07) is 12.3. The van der Waals surface area contributed by atoms with Gasteiger partial charge in [-0.1, -0.05) is 23.7 Å². The lowest BCUT2D eigenvalue weighted by Crippen LogP contribution is -2.43. The predicted molar refractivity (Wildman–Crippen MR) is 115 cm³/mol. The van der Waals surface area contributed by atoms with Gasteiger partial charge >= 0.3 is 5.97 Å². The molecule has 1 atom stereocenters. The number of carbonyl (C=O) groups is 2. The lowest BCUT2D eigenvalue weighted by Gasteiger charge is -2.33. The molecule has 3 aromatic rings. The van der Waals surface area contributed by atoms with Gasteiger partial charge in [0.2, 0.25) is 5.91 Å². The molecule has 0 saturated heterocycles. The lowest BCUT2D eigenvalue weighted by molar-refractivity contribution is -0.117. The molecule has 1 N–H and O–H groups in total. The number of hydrogen-bond donors (Lipinski definition) is 1. The van der Waals surface area contributed by atoms with E-state index in [4.69, 9.17) is 16.3 Å². The minimum absolute atomic E-state index is 0.0739. The van der Waals surface area contributed by atoms with Crippen LogP contribution in [0.1, 0.15) is 22.3 Å². The molecule has 0 bridgehead atoms. The average molecular weight is 428 g/mol. The maximum absolute atomic E-state index is 12.5. The molecule has 1 amide bonds. The van der Waals surface area contributed by atoms with E-state index in [1.807, 2.05) is 48.5 Å². The van der Waals surface area contributed by atoms with Gasteiger partial charge in [-0.25, -0.2) is 9.78 Å². The van der Waals surface area contributed by atoms with E-state index in [2.05, 4.69) is 10.3 Å². The Bertz CT molecular complexity index is 1100. The zero-order chi connectivity index (χ0) is 20.5. The summed E-state index contributed by atoms with van der Waals surface area (Å²) >= 11 is 7.44. The van der Waals surface area contributed by atoms with Gasteiger partial charge in [0.25, 0.3) is 0 Å². The highest BCUT2D eigenvalue weighted by Gasteiger charge is 2.27. The molecular weight excluding hydrogens is 410 g/mol. The number of nitrogens with one attached hydrogen (secondary N) is 1. The van der Waals surface area contributed by atoms with Crippen LogP contribution in [0, 0.1) is 0 Å². The summed E-state index contributed by atoms with van der Waals surface area (Å²) in [5.74, 6) is -0.579. The van der Waals surface area contributed by atoms with Crippen molar-refractivity contribution in [1.82, 2.24) is 4.98 Å². The fourth-order valence-corrected chi connectivity index (χ4v) is 3.97. The molecule has 29 heavy (non-hydrogen) atoms. The highest BCUT2D eigenvalue weighted by molar-refractivity contribution is 7.09. The first-order valence-corrected chi connectivity index (χ1v) is 10.2. The Morgan fingerprint density at radius 3 is 2.93 bits per heavy atom. The summed E-state index contributed by atoms with van der Waals surface area (Å²) in [6.07, 6.45) is 0. The molecule has 0 spiro atoms. The monoisotopic (exact) mass is 427 g/mol. The standard InChI is InChI=1S/C21H18ClN3O3S/c1-12-20(26)24-16-9-14(6-7-18(16)25(12)2)21(27)28-10-19-23-17(11-29-19)13-4-3-5-15(22)8-13/h3-9,11-12H,10H2,1-2H3,(H,24,26). The second-order valence-electron chi connectivity index (χ2n) is 6.72. The number of likely N-dealkylation sites (N-methyl/N-ethyl adjacent to an activating group) is 1. The van der Waals surface area contributed by atoms with Crippen LogP contribution in [0.4, 0.5) is 11.4 Å². The molecule has 0 aliphatic carbocycles. The van der Waals surface area contributed by atoms with Gasteiger partial charge in [0.05, 0.1) is 22.6 Å². The van der Waals surface area contributed by atoms with Crippen molar-refractivity contribution in [3.8, 4) is 11.3 Å². The SMILES string of the molecule is CC1C(=O)Nc2cc(C(=O)OCc3nc(-c4cccc(Cl)c4)cs3)ccc2N1C. The summed E-state index contributed by atoms with van der Waals surface area (Å²) < 4.78 is 5.41. The van der Waals surface area contributed by atoms with E-state index in [0.29, 0.717) is 21.3 Å². The second kappa shape index (κ2) is 7.85. The number of amides is 1. The summed E-state index contributed by atoms with van der Waals surface area (Å²) in [4.78, 5) is 30.9. The predicted octanol–water partition coefficient (Wildman–Crippen LogP) is 4.60. The maximum Gasteiger partial charge on any atom is 0.338 e. The lowest BCUT2D eigenvalue weighted by atomic mass is 10.1. The number of thiazole rings is 1. The van der Waals surface area contributed by atoms with Crippen LogP contribution in [0.5, 0.6) is 0 Å². The Kier molecular flexibility index (Phi) is 5.25. The molecule has 0 fully saturated rings. The van der Waals surface area contributed by atoms with Crippen LogP contribution >= 0.6 is 22.9 Å². The third-order valence-corrected chi connectivity index (χ3v) is 5.89. The highest BCUT2D eigenvalue weighted by Crippen LogP contribution is 2.32. The average Bonchev–Trinajstić information content (AvgIpc) is 3.19. The Hall–Kier alpha value is -2.90. The smallest absolute Gasteiger partial charge is 0.338 e. The molecule has 1 aliphatic rings. The molecule has 2 aromatic carbocycles. The Labute approximate surface area is 177 Å². The number of esters is 1. The molecule has 1 aliphatic heterocycles. The van der Waals surface area contributed by atoms with Crippen LogP contribution in [0.15, 0.2) is 47.8 Å². The van der Waals surface area contributed by atoms with E-state index in [1.54, 1.807) is 18.2 Å². The van der Waals surface area contributed by atoms with Crippen LogP contribution in [0.2, 0.25) is 5.02 Å². The molecule has 1 aromatic heterocycles. The van der Waals surface area contributed by atoms with Crippen LogP contribution < -0.4 is 10.2 Å². The van der Waals surface area contributed by atoms with Gasteiger partial charge in [0, 0.05) is 23.0 Å². The molecular formula is C21H18ClN3O3S. The van der Waals surface area contributed by atoms with Crippen molar-refractivity contribution in [2.75, 3.05) is 17.3 Å². The largest absolute Gasteiger partial charge is 0.455 e. The van der Waals surface area contributed by atoms with Crippen molar-refractivity contribution in [2.24, 2.45) is 0 Å². The quantitative estimate of drug-likeness (QED) is 0.616. The number of rotatable bonds is 4. The summed E-state index contributed by atoms with van der Waals surface area (Å²) in [5, 5.41) is 6.06. The van der Waals surface area contributed by atoms with Gasteiger partial charge in [-0.05, 0) is 37.3 Å². The van der Waals surface area contributed by atoms with E-state index in [1.165, 1.54) is 11.3 Å². The van der Waals surface area contributed by atoms with E-state index in [0.717, 1.165) is 16.9 Å². The normalized spacial score (nSPS) is 15.6. The van der Waals surface area contributed by atoms with E-state index in [9.17, 15) is 9.59 Å². The number of fused-ring (bicyclic) bond motifs is 1. The minimum atomic E-state index is -0.470. The van der Waals surface area contributed by atoms with Crippen LogP contribution in [-0.2, 0) is 16.1 Å². The molecule has 1 unspecified atom stereocenters. The third kappa shape index (κ3) is 3.97. The van der Waals surface area contributed by atoms with Crippen molar-refractivity contribution in [3.05, 3.63) is 63.4 Å². The van der Waals surface area contributed by atoms with Gasteiger partial charge in [-0.15, -0.1) is 11.3 Å². The molecule has 2 heterocycles. The van der Waals surface area contributed by atoms with Crippen molar-refractivity contribution in [2.45, 2.75) is 19.6 Å². The fraction of sp³-hybridized carbons (Fsp3) is 0.190.